The number of carbonyl (C=O) groups excluding carboxylic acids is 1. The summed E-state index contributed by atoms with van der Waals surface area (Å²) in [7, 11) is 0. The first-order valence-electron chi connectivity index (χ1n) is 14.2. The van der Waals surface area contributed by atoms with Gasteiger partial charge in [-0.1, -0.05) is 124 Å². The Labute approximate surface area is 210 Å². The molecule has 0 aliphatic rings. The Morgan fingerprint density at radius 3 is 1.47 bits per heavy atom. The standard InChI is InChI=1S/C30H54N2O2/c1-5-7-8-9-10-11-12-13-14-15-16-17-18-19-20-21-22-34-29(33)25-23-26(31)28(27(32)24-25)30(3,4)6-2/h23-24H,5-22,31-32H2,1-4H3. The van der Waals surface area contributed by atoms with Crippen LogP contribution in [0.2, 0.25) is 0 Å². The third-order valence-electron chi connectivity index (χ3n) is 7.23. The van der Waals surface area contributed by atoms with Crippen molar-refractivity contribution < 1.29 is 9.53 Å². The molecule has 0 amide bonds. The molecule has 0 unspecified atom stereocenters. The zero-order valence-electron chi connectivity index (χ0n) is 22.9. The first-order valence-corrected chi connectivity index (χ1v) is 14.2. The van der Waals surface area contributed by atoms with Crippen molar-refractivity contribution in [2.24, 2.45) is 0 Å². The minimum absolute atomic E-state index is 0.121. The van der Waals surface area contributed by atoms with Crippen LogP contribution in [0.15, 0.2) is 12.1 Å². The largest absolute Gasteiger partial charge is 0.462 e. The molecule has 0 heterocycles. The van der Waals surface area contributed by atoms with Gasteiger partial charge in [0.15, 0.2) is 0 Å². The fourth-order valence-electron chi connectivity index (χ4n) is 4.66. The lowest BCUT2D eigenvalue weighted by atomic mass is 9.80. The topological polar surface area (TPSA) is 78.3 Å². The van der Waals surface area contributed by atoms with E-state index in [9.17, 15) is 4.79 Å². The van der Waals surface area contributed by atoms with Gasteiger partial charge in [0.05, 0.1) is 12.2 Å². The van der Waals surface area contributed by atoms with E-state index in [0.717, 1.165) is 24.8 Å². The van der Waals surface area contributed by atoms with Crippen molar-refractivity contribution in [2.75, 3.05) is 18.1 Å². The van der Waals surface area contributed by atoms with Gasteiger partial charge in [0.1, 0.15) is 0 Å². The summed E-state index contributed by atoms with van der Waals surface area (Å²) in [4.78, 5) is 12.4. The van der Waals surface area contributed by atoms with E-state index in [1.807, 2.05) is 0 Å². The molecule has 0 bridgehead atoms. The van der Waals surface area contributed by atoms with Gasteiger partial charge in [-0.2, -0.15) is 0 Å². The van der Waals surface area contributed by atoms with E-state index in [4.69, 9.17) is 16.2 Å². The highest BCUT2D eigenvalue weighted by Crippen LogP contribution is 2.36. The fourth-order valence-corrected chi connectivity index (χ4v) is 4.66. The van der Waals surface area contributed by atoms with Gasteiger partial charge in [-0.3, -0.25) is 0 Å². The zero-order valence-corrected chi connectivity index (χ0v) is 22.9. The van der Waals surface area contributed by atoms with Crippen molar-refractivity contribution in [3.05, 3.63) is 23.3 Å². The Bertz CT molecular complexity index is 661. The van der Waals surface area contributed by atoms with E-state index in [1.54, 1.807) is 12.1 Å². The molecule has 0 radical (unpaired) electrons. The normalized spacial score (nSPS) is 11.6. The minimum atomic E-state index is -0.333. The van der Waals surface area contributed by atoms with Crippen LogP contribution >= 0.6 is 0 Å². The van der Waals surface area contributed by atoms with Crippen LogP contribution in [0.3, 0.4) is 0 Å². The van der Waals surface area contributed by atoms with Crippen LogP contribution in [0.5, 0.6) is 0 Å². The third-order valence-corrected chi connectivity index (χ3v) is 7.23. The molecule has 0 aliphatic heterocycles. The second-order valence-electron chi connectivity index (χ2n) is 10.7. The summed E-state index contributed by atoms with van der Waals surface area (Å²) in [5, 5.41) is 0. The molecule has 0 fully saturated rings. The van der Waals surface area contributed by atoms with Crippen LogP contribution in [0.25, 0.3) is 0 Å². The van der Waals surface area contributed by atoms with Gasteiger partial charge in [0, 0.05) is 16.9 Å². The Hall–Kier alpha value is -1.71. The molecule has 0 saturated carbocycles. The summed E-state index contributed by atoms with van der Waals surface area (Å²) in [5.74, 6) is -0.333. The molecule has 4 nitrogen and oxygen atoms in total. The summed E-state index contributed by atoms with van der Waals surface area (Å²) in [6, 6.07) is 3.41. The average molecular weight is 475 g/mol. The molecule has 0 atom stereocenters. The number of carbonyl (C=O) groups is 1. The van der Waals surface area contributed by atoms with Crippen molar-refractivity contribution >= 4 is 17.3 Å². The van der Waals surface area contributed by atoms with Crippen molar-refractivity contribution in [3.8, 4) is 0 Å². The van der Waals surface area contributed by atoms with Crippen molar-refractivity contribution in [1.82, 2.24) is 0 Å². The predicted octanol–water partition coefficient (Wildman–Crippen LogP) is 8.96. The minimum Gasteiger partial charge on any atom is -0.462 e. The van der Waals surface area contributed by atoms with E-state index in [-0.39, 0.29) is 11.4 Å². The number of hydrogen-bond acceptors (Lipinski definition) is 4. The van der Waals surface area contributed by atoms with Gasteiger partial charge in [0.2, 0.25) is 0 Å². The summed E-state index contributed by atoms with van der Waals surface area (Å²) in [6.45, 7) is 9.08. The first kappa shape index (κ1) is 30.3. The van der Waals surface area contributed by atoms with Crippen LogP contribution < -0.4 is 11.5 Å². The molecule has 0 aromatic heterocycles. The van der Waals surface area contributed by atoms with E-state index in [2.05, 4.69) is 27.7 Å². The lowest BCUT2D eigenvalue weighted by molar-refractivity contribution is 0.0497. The Kier molecular flexibility index (Phi) is 15.8. The van der Waals surface area contributed by atoms with E-state index < -0.39 is 0 Å². The van der Waals surface area contributed by atoms with Crippen molar-refractivity contribution in [3.63, 3.8) is 0 Å². The number of nitrogen functional groups attached to an aromatic ring is 2. The molecule has 0 saturated heterocycles. The summed E-state index contributed by atoms with van der Waals surface area (Å²) in [5.41, 5.74) is 14.8. The van der Waals surface area contributed by atoms with Gasteiger partial charge in [0.25, 0.3) is 0 Å². The molecule has 4 heteroatoms. The highest BCUT2D eigenvalue weighted by Gasteiger charge is 2.25. The van der Waals surface area contributed by atoms with Crippen LogP contribution in [-0.2, 0) is 10.2 Å². The molecule has 0 aliphatic carbocycles. The number of anilines is 2. The first-order chi connectivity index (χ1) is 16.3. The molecule has 4 N–H and O–H groups in total. The highest BCUT2D eigenvalue weighted by molar-refractivity contribution is 5.92. The smallest absolute Gasteiger partial charge is 0.338 e. The third kappa shape index (κ3) is 12.1. The Balaban J connectivity index is 2.05. The number of ether oxygens (including phenoxy) is 1. The molecule has 1 aromatic rings. The number of nitrogens with two attached hydrogens (primary N) is 2. The van der Waals surface area contributed by atoms with E-state index in [0.29, 0.717) is 23.5 Å². The van der Waals surface area contributed by atoms with Gasteiger partial charge in [-0.25, -0.2) is 4.79 Å². The maximum Gasteiger partial charge on any atom is 0.338 e. The predicted molar refractivity (Wildman–Crippen MR) is 148 cm³/mol. The molecular weight excluding hydrogens is 420 g/mol. The maximum atomic E-state index is 12.4. The van der Waals surface area contributed by atoms with Gasteiger partial charge < -0.3 is 16.2 Å². The van der Waals surface area contributed by atoms with Crippen LogP contribution in [0, 0.1) is 0 Å². The van der Waals surface area contributed by atoms with E-state index >= 15 is 0 Å². The lowest BCUT2D eigenvalue weighted by Gasteiger charge is -2.27. The Morgan fingerprint density at radius 2 is 1.09 bits per heavy atom. The van der Waals surface area contributed by atoms with Crippen molar-refractivity contribution in [2.45, 2.75) is 142 Å². The SMILES string of the molecule is CCCCCCCCCCCCCCCCCCOC(=O)c1cc(N)c(C(C)(C)CC)c(N)c1. The molecule has 196 valence electrons. The monoisotopic (exact) mass is 474 g/mol. The second kappa shape index (κ2) is 17.7. The molecule has 1 rings (SSSR count). The molecule has 34 heavy (non-hydrogen) atoms. The number of esters is 1. The number of hydrogen-bond donors (Lipinski definition) is 2. The number of rotatable bonds is 20. The quantitative estimate of drug-likeness (QED) is 0.112. The van der Waals surface area contributed by atoms with Crippen LogP contribution in [0.1, 0.15) is 153 Å². The van der Waals surface area contributed by atoms with Crippen LogP contribution in [-0.4, -0.2) is 12.6 Å². The van der Waals surface area contributed by atoms with Gasteiger partial charge >= 0.3 is 5.97 Å². The molecule has 1 aromatic carbocycles. The second-order valence-corrected chi connectivity index (χ2v) is 10.7. The average Bonchev–Trinajstić information content (AvgIpc) is 2.80. The lowest BCUT2D eigenvalue weighted by Crippen LogP contribution is -2.21. The zero-order chi connectivity index (χ0) is 25.2. The van der Waals surface area contributed by atoms with Gasteiger partial charge in [-0.15, -0.1) is 0 Å². The molecular formula is C30H54N2O2. The number of unbranched alkanes of at least 4 members (excludes halogenated alkanes) is 15. The Morgan fingerprint density at radius 1 is 0.706 bits per heavy atom. The number of benzene rings is 1. The summed E-state index contributed by atoms with van der Waals surface area (Å²) < 4.78 is 5.46. The van der Waals surface area contributed by atoms with Crippen LogP contribution in [0.4, 0.5) is 11.4 Å². The summed E-state index contributed by atoms with van der Waals surface area (Å²) >= 11 is 0. The fraction of sp³-hybridized carbons (Fsp3) is 0.767. The van der Waals surface area contributed by atoms with Gasteiger partial charge in [-0.05, 0) is 30.4 Å². The molecule has 0 spiro atoms. The van der Waals surface area contributed by atoms with Crippen molar-refractivity contribution in [1.29, 1.82) is 0 Å². The summed E-state index contributed by atoms with van der Waals surface area (Å²) in [6.07, 6.45) is 22.2. The van der Waals surface area contributed by atoms with E-state index in [1.165, 1.54) is 89.9 Å². The maximum absolute atomic E-state index is 12.4. The highest BCUT2D eigenvalue weighted by atomic mass is 16.5.